The molecule has 0 amide bonds. The number of aryl methyl sites for hydroxylation is 1. The number of carbonyl (C=O) groups is 2. The number of H-pyrrole nitrogens is 1. The standard InChI is InChI=1S/C19H19NO3/c21-15(5-3-6-16-7-4-10-19(22)23-16)12-11-14-13-20-18-9-2-1-8-17(14)18/h1-5,8-10,13,16,20H,6-7,11-12H2/b5-3+/t16-/m0/s1. The Kier molecular flexibility index (Phi) is 4.71. The highest BCUT2D eigenvalue weighted by Crippen LogP contribution is 2.19. The second kappa shape index (κ2) is 7.09. The maximum atomic E-state index is 12.0. The van der Waals surface area contributed by atoms with E-state index in [4.69, 9.17) is 4.74 Å². The molecule has 0 spiro atoms. The monoisotopic (exact) mass is 309 g/mol. The van der Waals surface area contributed by atoms with Gasteiger partial charge in [-0.05, 0) is 24.1 Å². The minimum atomic E-state index is -0.305. The molecule has 1 N–H and O–H groups in total. The van der Waals surface area contributed by atoms with Gasteiger partial charge in [0.15, 0.2) is 5.78 Å². The van der Waals surface area contributed by atoms with Crippen molar-refractivity contribution in [1.82, 2.24) is 4.98 Å². The van der Waals surface area contributed by atoms with Gasteiger partial charge in [0.05, 0.1) is 0 Å². The highest BCUT2D eigenvalue weighted by Gasteiger charge is 2.14. The molecule has 4 nitrogen and oxygen atoms in total. The summed E-state index contributed by atoms with van der Waals surface area (Å²) in [5, 5.41) is 1.17. The number of nitrogens with one attached hydrogen (secondary N) is 1. The summed E-state index contributed by atoms with van der Waals surface area (Å²) in [6.07, 6.45) is 10.9. The first-order chi connectivity index (χ1) is 11.2. The molecule has 0 saturated heterocycles. The summed E-state index contributed by atoms with van der Waals surface area (Å²) in [7, 11) is 0. The third-order valence-corrected chi connectivity index (χ3v) is 3.95. The van der Waals surface area contributed by atoms with E-state index in [2.05, 4.69) is 11.1 Å². The van der Waals surface area contributed by atoms with Crippen molar-refractivity contribution in [2.75, 3.05) is 0 Å². The van der Waals surface area contributed by atoms with E-state index in [9.17, 15) is 9.59 Å². The number of carbonyl (C=O) groups excluding carboxylic acids is 2. The molecule has 0 radical (unpaired) electrons. The van der Waals surface area contributed by atoms with Crippen molar-refractivity contribution < 1.29 is 14.3 Å². The van der Waals surface area contributed by atoms with Crippen LogP contribution in [0.3, 0.4) is 0 Å². The van der Waals surface area contributed by atoms with Crippen LogP contribution in [-0.4, -0.2) is 22.8 Å². The quantitative estimate of drug-likeness (QED) is 0.656. The molecule has 1 atom stereocenters. The molecule has 3 rings (SSSR count). The van der Waals surface area contributed by atoms with Crippen molar-refractivity contribution in [3.8, 4) is 0 Å². The van der Waals surface area contributed by atoms with Crippen molar-refractivity contribution in [2.24, 2.45) is 0 Å². The van der Waals surface area contributed by atoms with Crippen LogP contribution < -0.4 is 0 Å². The van der Waals surface area contributed by atoms with E-state index in [1.54, 1.807) is 12.2 Å². The number of fused-ring (bicyclic) bond motifs is 1. The molecule has 1 aliphatic heterocycles. The van der Waals surface area contributed by atoms with Crippen LogP contribution in [0.2, 0.25) is 0 Å². The lowest BCUT2D eigenvalue weighted by atomic mass is 10.1. The van der Waals surface area contributed by atoms with Gasteiger partial charge in [0.1, 0.15) is 6.10 Å². The van der Waals surface area contributed by atoms with Gasteiger partial charge in [-0.2, -0.15) is 0 Å². The van der Waals surface area contributed by atoms with Crippen LogP contribution in [0, 0.1) is 0 Å². The summed E-state index contributed by atoms with van der Waals surface area (Å²) in [5.74, 6) is -0.215. The number of hydrogen-bond acceptors (Lipinski definition) is 3. The average molecular weight is 309 g/mol. The molecule has 1 aromatic heterocycles. The number of ketones is 1. The molecular formula is C19H19NO3. The molecule has 0 unspecified atom stereocenters. The molecule has 2 heterocycles. The number of aromatic nitrogens is 1. The van der Waals surface area contributed by atoms with Gasteiger partial charge in [0, 0.05) is 42.4 Å². The minimum Gasteiger partial charge on any atom is -0.459 e. The summed E-state index contributed by atoms with van der Waals surface area (Å²) < 4.78 is 5.14. The third kappa shape index (κ3) is 3.97. The van der Waals surface area contributed by atoms with Crippen LogP contribution in [0.25, 0.3) is 10.9 Å². The molecule has 0 bridgehead atoms. The first kappa shape index (κ1) is 15.3. The number of allylic oxidation sites excluding steroid dienone is 1. The van der Waals surface area contributed by atoms with Gasteiger partial charge in [-0.15, -0.1) is 0 Å². The lowest BCUT2D eigenvalue weighted by Crippen LogP contribution is -2.19. The van der Waals surface area contributed by atoms with Crippen molar-refractivity contribution in [1.29, 1.82) is 0 Å². The molecule has 0 aliphatic carbocycles. The fourth-order valence-electron chi connectivity index (χ4n) is 2.74. The molecule has 2 aromatic rings. The van der Waals surface area contributed by atoms with Gasteiger partial charge in [0.25, 0.3) is 0 Å². The summed E-state index contributed by atoms with van der Waals surface area (Å²) in [5.41, 5.74) is 2.26. The number of rotatable bonds is 6. The number of hydrogen-bond donors (Lipinski definition) is 1. The molecule has 0 fully saturated rings. The van der Waals surface area contributed by atoms with E-state index in [0.29, 0.717) is 25.7 Å². The largest absolute Gasteiger partial charge is 0.459 e. The summed E-state index contributed by atoms with van der Waals surface area (Å²) in [6, 6.07) is 8.08. The van der Waals surface area contributed by atoms with E-state index in [1.807, 2.05) is 30.5 Å². The van der Waals surface area contributed by atoms with Gasteiger partial charge >= 0.3 is 5.97 Å². The molecule has 1 aliphatic rings. The van der Waals surface area contributed by atoms with Gasteiger partial charge in [0.2, 0.25) is 0 Å². The lowest BCUT2D eigenvalue weighted by molar-refractivity contribution is -0.143. The van der Waals surface area contributed by atoms with Crippen LogP contribution in [-0.2, 0) is 20.7 Å². The number of cyclic esters (lactones) is 1. The normalized spacial score (nSPS) is 17.7. The van der Waals surface area contributed by atoms with Gasteiger partial charge in [-0.25, -0.2) is 4.79 Å². The fourth-order valence-corrected chi connectivity index (χ4v) is 2.74. The van der Waals surface area contributed by atoms with Gasteiger partial charge in [-0.1, -0.05) is 30.4 Å². The molecule has 118 valence electrons. The molecule has 23 heavy (non-hydrogen) atoms. The average Bonchev–Trinajstić information content (AvgIpc) is 2.96. The summed E-state index contributed by atoms with van der Waals surface area (Å²) >= 11 is 0. The van der Waals surface area contributed by atoms with Crippen molar-refractivity contribution in [2.45, 2.75) is 31.8 Å². The van der Waals surface area contributed by atoms with Gasteiger partial charge in [-0.3, -0.25) is 4.79 Å². The second-order valence-electron chi connectivity index (χ2n) is 5.66. The Morgan fingerprint density at radius 2 is 2.22 bits per heavy atom. The first-order valence-corrected chi connectivity index (χ1v) is 7.84. The Morgan fingerprint density at radius 1 is 1.35 bits per heavy atom. The first-order valence-electron chi connectivity index (χ1n) is 7.84. The molecular weight excluding hydrogens is 290 g/mol. The van der Waals surface area contributed by atoms with E-state index >= 15 is 0 Å². The maximum absolute atomic E-state index is 12.0. The number of esters is 1. The summed E-state index contributed by atoms with van der Waals surface area (Å²) in [4.78, 5) is 26.3. The zero-order valence-corrected chi connectivity index (χ0v) is 12.8. The number of para-hydroxylation sites is 1. The van der Waals surface area contributed by atoms with Crippen LogP contribution in [0.4, 0.5) is 0 Å². The van der Waals surface area contributed by atoms with E-state index < -0.39 is 0 Å². The fraction of sp³-hybridized carbons (Fsp3) is 0.263. The van der Waals surface area contributed by atoms with Crippen LogP contribution in [0.5, 0.6) is 0 Å². The minimum absolute atomic E-state index is 0.0907. The highest BCUT2D eigenvalue weighted by molar-refractivity contribution is 5.90. The smallest absolute Gasteiger partial charge is 0.330 e. The highest BCUT2D eigenvalue weighted by atomic mass is 16.5. The lowest BCUT2D eigenvalue weighted by Gasteiger charge is -2.16. The predicted molar refractivity (Wildman–Crippen MR) is 89.0 cm³/mol. The topological polar surface area (TPSA) is 59.2 Å². The van der Waals surface area contributed by atoms with E-state index in [0.717, 1.165) is 11.1 Å². The Morgan fingerprint density at radius 3 is 3.09 bits per heavy atom. The second-order valence-corrected chi connectivity index (χ2v) is 5.66. The predicted octanol–water partition coefficient (Wildman–Crippen LogP) is 3.49. The van der Waals surface area contributed by atoms with E-state index in [1.165, 1.54) is 11.5 Å². The Labute approximate surface area is 134 Å². The Bertz CT molecular complexity index is 770. The van der Waals surface area contributed by atoms with Crippen molar-refractivity contribution >= 4 is 22.7 Å². The SMILES string of the molecule is O=C(/C=C/C[C@H]1CC=CC(=O)O1)CCc1c[nH]c2ccccc12. The zero-order chi connectivity index (χ0) is 16.1. The maximum Gasteiger partial charge on any atom is 0.330 e. The number of ether oxygens (including phenoxy) is 1. The van der Waals surface area contributed by atoms with Crippen LogP contribution in [0.1, 0.15) is 24.8 Å². The molecule has 1 aromatic carbocycles. The van der Waals surface area contributed by atoms with Crippen molar-refractivity contribution in [3.63, 3.8) is 0 Å². The van der Waals surface area contributed by atoms with Gasteiger partial charge < -0.3 is 9.72 Å². The molecule has 4 heteroatoms. The third-order valence-electron chi connectivity index (χ3n) is 3.95. The number of aromatic amines is 1. The van der Waals surface area contributed by atoms with Crippen LogP contribution in [0.15, 0.2) is 54.8 Å². The van der Waals surface area contributed by atoms with E-state index in [-0.39, 0.29) is 17.9 Å². The number of benzene rings is 1. The summed E-state index contributed by atoms with van der Waals surface area (Å²) in [6.45, 7) is 0. The Balaban J connectivity index is 1.49. The van der Waals surface area contributed by atoms with Crippen molar-refractivity contribution in [3.05, 3.63) is 60.3 Å². The molecule has 0 saturated carbocycles. The zero-order valence-electron chi connectivity index (χ0n) is 12.8. The Hall–Kier alpha value is -2.62. The van der Waals surface area contributed by atoms with Crippen LogP contribution >= 0.6 is 0 Å².